The Labute approximate surface area is 105 Å². The van der Waals surface area contributed by atoms with Gasteiger partial charge in [0.25, 0.3) is 10.2 Å². The van der Waals surface area contributed by atoms with Gasteiger partial charge in [-0.1, -0.05) is 6.07 Å². The van der Waals surface area contributed by atoms with Crippen LogP contribution in [0.15, 0.2) is 18.2 Å². The summed E-state index contributed by atoms with van der Waals surface area (Å²) in [6.45, 7) is 0.276. The van der Waals surface area contributed by atoms with E-state index in [0.717, 1.165) is 6.07 Å². The van der Waals surface area contributed by atoms with E-state index in [2.05, 4.69) is 14.2 Å². The van der Waals surface area contributed by atoms with Crippen molar-refractivity contribution in [1.29, 1.82) is 5.26 Å². The maximum Gasteiger partial charge on any atom is 0.299 e. The molecule has 0 saturated heterocycles. The minimum Gasteiger partial charge on any atom is -0.383 e. The number of methoxy groups -OCH3 is 1. The zero-order valence-corrected chi connectivity index (χ0v) is 10.4. The quantitative estimate of drug-likeness (QED) is 0.742. The molecule has 0 radical (unpaired) electrons. The standard InChI is InChI=1S/C10H12FN3O3S/c1-17-6-5-13-18(15,16)14-10-4-2-3-9(11)8(10)7-12/h2-4,13-14H,5-6H2,1H3. The van der Waals surface area contributed by atoms with Crippen LogP contribution in [0.3, 0.4) is 0 Å². The van der Waals surface area contributed by atoms with E-state index in [0.29, 0.717) is 0 Å². The van der Waals surface area contributed by atoms with Crippen LogP contribution in [0.2, 0.25) is 0 Å². The third-order valence-corrected chi connectivity index (χ3v) is 3.04. The molecule has 6 nitrogen and oxygen atoms in total. The Bertz CT molecular complexity index is 554. The Morgan fingerprint density at radius 3 is 2.83 bits per heavy atom. The molecule has 0 aliphatic rings. The third kappa shape index (κ3) is 3.96. The molecular weight excluding hydrogens is 261 g/mol. The molecule has 18 heavy (non-hydrogen) atoms. The smallest absolute Gasteiger partial charge is 0.299 e. The molecule has 0 aliphatic carbocycles. The summed E-state index contributed by atoms with van der Waals surface area (Å²) in [4.78, 5) is 0. The van der Waals surface area contributed by atoms with Crippen molar-refractivity contribution >= 4 is 15.9 Å². The highest BCUT2D eigenvalue weighted by Gasteiger charge is 2.14. The summed E-state index contributed by atoms with van der Waals surface area (Å²) >= 11 is 0. The average molecular weight is 273 g/mol. The van der Waals surface area contributed by atoms with E-state index >= 15 is 0 Å². The molecule has 0 bridgehead atoms. The van der Waals surface area contributed by atoms with Crippen molar-refractivity contribution in [1.82, 2.24) is 4.72 Å². The minimum absolute atomic E-state index is 0.0725. The van der Waals surface area contributed by atoms with Crippen LogP contribution in [0.5, 0.6) is 0 Å². The van der Waals surface area contributed by atoms with Gasteiger partial charge in [-0.25, -0.2) is 4.39 Å². The molecule has 0 fully saturated rings. The van der Waals surface area contributed by atoms with E-state index in [9.17, 15) is 12.8 Å². The monoisotopic (exact) mass is 273 g/mol. The van der Waals surface area contributed by atoms with E-state index in [-0.39, 0.29) is 24.4 Å². The Morgan fingerprint density at radius 1 is 1.50 bits per heavy atom. The van der Waals surface area contributed by atoms with Crippen molar-refractivity contribution in [3.63, 3.8) is 0 Å². The van der Waals surface area contributed by atoms with Crippen LogP contribution < -0.4 is 9.44 Å². The molecule has 1 rings (SSSR count). The first-order chi connectivity index (χ1) is 8.50. The number of hydrogen-bond donors (Lipinski definition) is 2. The van der Waals surface area contributed by atoms with Crippen molar-refractivity contribution < 1.29 is 17.5 Å². The van der Waals surface area contributed by atoms with Gasteiger partial charge in [0.15, 0.2) is 0 Å². The van der Waals surface area contributed by atoms with Crippen molar-refractivity contribution in [3.8, 4) is 6.07 Å². The fourth-order valence-electron chi connectivity index (χ4n) is 1.18. The zero-order chi connectivity index (χ0) is 13.6. The zero-order valence-electron chi connectivity index (χ0n) is 9.60. The van der Waals surface area contributed by atoms with Gasteiger partial charge in [-0.2, -0.15) is 18.4 Å². The molecule has 0 aliphatic heterocycles. The summed E-state index contributed by atoms with van der Waals surface area (Å²) in [6, 6.07) is 5.29. The summed E-state index contributed by atoms with van der Waals surface area (Å²) in [6.07, 6.45) is 0. The number of halogens is 1. The van der Waals surface area contributed by atoms with Gasteiger partial charge in [-0.15, -0.1) is 0 Å². The van der Waals surface area contributed by atoms with Crippen molar-refractivity contribution in [2.75, 3.05) is 25.0 Å². The number of ether oxygens (including phenoxy) is 1. The molecule has 0 unspecified atom stereocenters. The van der Waals surface area contributed by atoms with E-state index in [1.54, 1.807) is 6.07 Å². The topological polar surface area (TPSA) is 91.2 Å². The second-order valence-corrected chi connectivity index (χ2v) is 4.77. The molecule has 1 aromatic carbocycles. The largest absolute Gasteiger partial charge is 0.383 e. The Balaban J connectivity index is 2.85. The van der Waals surface area contributed by atoms with Gasteiger partial charge < -0.3 is 4.74 Å². The number of nitriles is 1. The molecule has 0 amide bonds. The molecule has 2 N–H and O–H groups in total. The van der Waals surface area contributed by atoms with Crippen molar-refractivity contribution in [2.24, 2.45) is 0 Å². The molecule has 1 aromatic rings. The molecule has 0 saturated carbocycles. The van der Waals surface area contributed by atoms with Gasteiger partial charge in [-0.3, -0.25) is 4.72 Å². The molecule has 0 heterocycles. The highest BCUT2D eigenvalue weighted by atomic mass is 32.2. The van der Waals surface area contributed by atoms with E-state index < -0.39 is 16.0 Å². The number of nitrogens with one attached hydrogen (secondary N) is 2. The van der Waals surface area contributed by atoms with Crippen LogP contribution in [0, 0.1) is 17.1 Å². The van der Waals surface area contributed by atoms with Gasteiger partial charge in [0.1, 0.15) is 17.4 Å². The molecular formula is C10H12FN3O3S. The summed E-state index contributed by atoms with van der Waals surface area (Å²) in [7, 11) is -2.42. The van der Waals surface area contributed by atoms with Crippen LogP contribution in [0.4, 0.5) is 10.1 Å². The van der Waals surface area contributed by atoms with E-state index in [1.807, 2.05) is 0 Å². The van der Waals surface area contributed by atoms with Gasteiger partial charge in [0, 0.05) is 13.7 Å². The highest BCUT2D eigenvalue weighted by molar-refractivity contribution is 7.90. The van der Waals surface area contributed by atoms with Gasteiger partial charge >= 0.3 is 0 Å². The number of nitrogens with zero attached hydrogens (tertiary/aromatic N) is 1. The van der Waals surface area contributed by atoms with Crippen LogP contribution in [0.25, 0.3) is 0 Å². The van der Waals surface area contributed by atoms with Crippen molar-refractivity contribution in [3.05, 3.63) is 29.6 Å². The maximum atomic E-state index is 13.2. The Kier molecular flexibility index (Phi) is 5.03. The molecule has 98 valence electrons. The van der Waals surface area contributed by atoms with Crippen LogP contribution in [-0.4, -0.2) is 28.7 Å². The maximum absolute atomic E-state index is 13.2. The predicted octanol–water partition coefficient (Wildman–Crippen LogP) is 0.590. The average Bonchev–Trinajstić information content (AvgIpc) is 2.29. The Hall–Kier alpha value is -1.69. The lowest BCUT2D eigenvalue weighted by Gasteiger charge is -2.10. The lowest BCUT2D eigenvalue weighted by molar-refractivity contribution is 0.204. The lowest BCUT2D eigenvalue weighted by Crippen LogP contribution is -2.32. The SMILES string of the molecule is COCCNS(=O)(=O)Nc1cccc(F)c1C#N. The van der Waals surface area contributed by atoms with E-state index in [1.165, 1.54) is 19.2 Å². The fraction of sp³-hybridized carbons (Fsp3) is 0.300. The summed E-state index contributed by atoms with van der Waals surface area (Å²) in [5.41, 5.74) is -0.461. The van der Waals surface area contributed by atoms with Crippen molar-refractivity contribution in [2.45, 2.75) is 0 Å². The second-order valence-electron chi connectivity index (χ2n) is 3.27. The number of benzene rings is 1. The van der Waals surface area contributed by atoms with Crippen LogP contribution in [-0.2, 0) is 14.9 Å². The second kappa shape index (κ2) is 6.30. The molecule has 0 aromatic heterocycles. The third-order valence-electron chi connectivity index (χ3n) is 1.97. The van der Waals surface area contributed by atoms with Gasteiger partial charge in [0.2, 0.25) is 0 Å². The number of rotatable bonds is 6. The first-order valence-electron chi connectivity index (χ1n) is 4.95. The van der Waals surface area contributed by atoms with Gasteiger partial charge in [0.05, 0.1) is 12.3 Å². The van der Waals surface area contributed by atoms with E-state index in [4.69, 9.17) is 5.26 Å². The summed E-state index contributed by atoms with van der Waals surface area (Å²) in [5, 5.41) is 8.75. The fourth-order valence-corrected chi connectivity index (χ4v) is 2.07. The van der Waals surface area contributed by atoms with Gasteiger partial charge in [-0.05, 0) is 12.1 Å². The Morgan fingerprint density at radius 2 is 2.22 bits per heavy atom. The molecule has 8 heteroatoms. The lowest BCUT2D eigenvalue weighted by atomic mass is 10.2. The number of anilines is 1. The first kappa shape index (κ1) is 14.4. The normalized spacial score (nSPS) is 10.9. The summed E-state index contributed by atoms with van der Waals surface area (Å²) in [5.74, 6) is -0.783. The number of hydrogen-bond acceptors (Lipinski definition) is 4. The van der Waals surface area contributed by atoms with Crippen LogP contribution >= 0.6 is 0 Å². The molecule has 0 atom stereocenters. The van der Waals surface area contributed by atoms with Crippen LogP contribution in [0.1, 0.15) is 5.56 Å². The predicted molar refractivity (Wildman–Crippen MR) is 63.5 cm³/mol. The highest BCUT2D eigenvalue weighted by Crippen LogP contribution is 2.18. The molecule has 0 spiro atoms. The first-order valence-corrected chi connectivity index (χ1v) is 6.43. The minimum atomic E-state index is -3.85. The summed E-state index contributed by atoms with van der Waals surface area (Å²) < 4.78 is 45.3.